The van der Waals surface area contributed by atoms with E-state index in [1.54, 1.807) is 20.8 Å². The Morgan fingerprint density at radius 2 is 1.31 bits per heavy atom. The van der Waals surface area contributed by atoms with Crippen LogP contribution in [-0.4, -0.2) is 43.7 Å². The Morgan fingerprint density at radius 1 is 0.833 bits per heavy atom. The molecule has 3 rings (SSSR count). The van der Waals surface area contributed by atoms with Crippen LogP contribution in [0.2, 0.25) is 5.04 Å². The van der Waals surface area contributed by atoms with E-state index in [4.69, 9.17) is 9.16 Å². The molecule has 6 nitrogen and oxygen atoms in total. The van der Waals surface area contributed by atoms with E-state index in [1.165, 1.54) is 0 Å². The van der Waals surface area contributed by atoms with Crippen molar-refractivity contribution in [3.63, 3.8) is 0 Å². The molecule has 0 spiro atoms. The summed E-state index contributed by atoms with van der Waals surface area (Å²) in [5.41, 5.74) is 0.788. The highest BCUT2D eigenvalue weighted by Crippen LogP contribution is 2.38. The van der Waals surface area contributed by atoms with E-state index in [1.807, 2.05) is 79.7 Å². The zero-order valence-corrected chi connectivity index (χ0v) is 26.9. The van der Waals surface area contributed by atoms with Gasteiger partial charge in [-0.05, 0) is 53.7 Å². The van der Waals surface area contributed by atoms with Gasteiger partial charge in [0.25, 0.3) is 8.32 Å². The van der Waals surface area contributed by atoms with Crippen molar-refractivity contribution in [2.75, 3.05) is 6.61 Å². The summed E-state index contributed by atoms with van der Waals surface area (Å²) in [4.78, 5) is 25.7. The Morgan fingerprint density at radius 3 is 1.71 bits per heavy atom. The lowest BCUT2D eigenvalue weighted by atomic mass is 9.84. The molecule has 3 aromatic carbocycles. The molecule has 0 saturated carbocycles. The first kappa shape index (κ1) is 32.8. The smallest absolute Gasteiger partial charge is 0.408 e. The fourth-order valence-corrected chi connectivity index (χ4v) is 10.0. The van der Waals surface area contributed by atoms with Gasteiger partial charge in [-0.2, -0.15) is 0 Å². The van der Waals surface area contributed by atoms with Gasteiger partial charge in [-0.1, -0.05) is 125 Å². The highest BCUT2D eigenvalue weighted by molar-refractivity contribution is 6.99. The molecule has 1 amide bonds. The summed E-state index contributed by atoms with van der Waals surface area (Å²) in [6.45, 7) is 14.1. The second-order valence-corrected chi connectivity index (χ2v) is 16.8. The topological polar surface area (TPSA) is 84.9 Å². The number of hydrogen-bond acceptors (Lipinski definition) is 4. The molecule has 42 heavy (non-hydrogen) atoms. The number of nitrogens with one attached hydrogen (secondary N) is 1. The fourth-order valence-electron chi connectivity index (χ4n) is 5.49. The molecule has 0 saturated heterocycles. The number of carboxylic acid groups (broad SMARTS) is 1. The van der Waals surface area contributed by atoms with Crippen molar-refractivity contribution < 1.29 is 23.9 Å². The van der Waals surface area contributed by atoms with Crippen molar-refractivity contribution in [2.45, 2.75) is 77.5 Å². The number of aliphatic carboxylic acids is 1. The number of benzene rings is 3. The maximum Gasteiger partial charge on any atom is 0.408 e. The van der Waals surface area contributed by atoms with E-state index < -0.39 is 37.9 Å². The molecule has 0 aliphatic carbocycles. The summed E-state index contributed by atoms with van der Waals surface area (Å²) in [5, 5.41) is 15.1. The van der Waals surface area contributed by atoms with Gasteiger partial charge in [0.1, 0.15) is 11.6 Å². The Balaban J connectivity index is 2.15. The lowest BCUT2D eigenvalue weighted by molar-refractivity contribution is -0.139. The summed E-state index contributed by atoms with van der Waals surface area (Å²) in [7, 11) is -2.91. The van der Waals surface area contributed by atoms with Crippen molar-refractivity contribution >= 4 is 30.8 Å². The van der Waals surface area contributed by atoms with Crippen LogP contribution in [0.4, 0.5) is 4.79 Å². The number of hydrogen-bond donors (Lipinski definition) is 2. The van der Waals surface area contributed by atoms with Crippen LogP contribution in [0, 0.1) is 0 Å². The first-order valence-electron chi connectivity index (χ1n) is 14.5. The van der Waals surface area contributed by atoms with E-state index in [0.717, 1.165) is 21.5 Å². The molecular weight excluding hydrogens is 542 g/mol. The van der Waals surface area contributed by atoms with Crippen molar-refractivity contribution in [2.24, 2.45) is 0 Å². The van der Waals surface area contributed by atoms with E-state index in [9.17, 15) is 14.7 Å². The maximum absolute atomic E-state index is 12.9. The van der Waals surface area contributed by atoms with Crippen LogP contribution in [0.1, 0.15) is 66.4 Å². The van der Waals surface area contributed by atoms with Crippen LogP contribution in [0.15, 0.2) is 103 Å². The molecule has 0 bridgehead atoms. The van der Waals surface area contributed by atoms with Crippen LogP contribution in [0.25, 0.3) is 0 Å². The SMILES string of the molecule is CC/C=C(\CO[Si](c1ccccc1)(c1ccccc1)C(C)(C)C)[C@@H](c1ccccc1)[C@H](NC(=O)OC(C)(C)C)C(=O)O. The number of carboxylic acids is 1. The van der Waals surface area contributed by atoms with Gasteiger partial charge >= 0.3 is 12.1 Å². The van der Waals surface area contributed by atoms with E-state index in [0.29, 0.717) is 6.42 Å². The molecule has 0 radical (unpaired) electrons. The number of amides is 1. The van der Waals surface area contributed by atoms with E-state index in [-0.39, 0.29) is 11.6 Å². The number of carbonyl (C=O) groups excluding carboxylic acids is 1. The monoisotopic (exact) mass is 587 g/mol. The van der Waals surface area contributed by atoms with Gasteiger partial charge in [0.2, 0.25) is 0 Å². The predicted octanol–water partition coefficient (Wildman–Crippen LogP) is 6.66. The summed E-state index contributed by atoms with van der Waals surface area (Å²) in [6, 6.07) is 28.8. The Kier molecular flexibility index (Phi) is 10.9. The number of alkyl carbamates (subject to hydrolysis) is 1. The molecular formula is C35H45NO5Si. The van der Waals surface area contributed by atoms with Crippen LogP contribution < -0.4 is 15.7 Å². The first-order chi connectivity index (χ1) is 19.8. The molecule has 0 aliphatic heterocycles. The van der Waals surface area contributed by atoms with Crippen molar-refractivity contribution in [3.8, 4) is 0 Å². The van der Waals surface area contributed by atoms with Crippen LogP contribution in [-0.2, 0) is 14.0 Å². The molecule has 0 unspecified atom stereocenters. The zero-order chi connectivity index (χ0) is 31.0. The fraction of sp³-hybridized carbons (Fsp3) is 0.371. The first-order valence-corrected chi connectivity index (χ1v) is 16.4. The Hall–Kier alpha value is -3.68. The lowest BCUT2D eigenvalue weighted by Gasteiger charge is -2.43. The van der Waals surface area contributed by atoms with Gasteiger partial charge in [-0.3, -0.25) is 0 Å². The number of carbonyl (C=O) groups is 2. The molecule has 0 heterocycles. The average molecular weight is 588 g/mol. The largest absolute Gasteiger partial charge is 0.480 e. The van der Waals surface area contributed by atoms with Gasteiger partial charge in [-0.15, -0.1) is 0 Å². The lowest BCUT2D eigenvalue weighted by Crippen LogP contribution is -2.66. The van der Waals surface area contributed by atoms with Gasteiger partial charge in [0.15, 0.2) is 0 Å². The molecule has 2 N–H and O–H groups in total. The minimum atomic E-state index is -2.91. The molecule has 2 atom stereocenters. The number of ether oxygens (including phenoxy) is 1. The van der Waals surface area contributed by atoms with E-state index in [2.05, 4.69) is 50.4 Å². The Bertz CT molecular complexity index is 1290. The average Bonchev–Trinajstić information content (AvgIpc) is 2.93. The maximum atomic E-state index is 12.9. The quantitative estimate of drug-likeness (QED) is 0.194. The number of rotatable bonds is 11. The van der Waals surface area contributed by atoms with Crippen molar-refractivity contribution in [1.29, 1.82) is 0 Å². The van der Waals surface area contributed by atoms with Crippen molar-refractivity contribution in [1.82, 2.24) is 5.32 Å². The third kappa shape index (κ3) is 7.99. The van der Waals surface area contributed by atoms with E-state index >= 15 is 0 Å². The zero-order valence-electron chi connectivity index (χ0n) is 25.9. The number of allylic oxidation sites excluding steroid dienone is 1. The molecule has 0 aromatic heterocycles. The standard InChI is InChI=1S/C35H45NO5Si/c1-8-18-27(30(26-19-12-9-13-20-26)31(32(37)38)36-33(39)41-34(2,3)4)25-40-42(35(5,6)7,28-21-14-10-15-22-28)29-23-16-11-17-24-29/h9-24,30-31H,8,25H2,1-7H3,(H,36,39)(H,37,38)/b27-18+/t30-,31+/m1/s1. The van der Waals surface area contributed by atoms with Gasteiger partial charge in [0.05, 0.1) is 6.61 Å². The second kappa shape index (κ2) is 14.0. The summed E-state index contributed by atoms with van der Waals surface area (Å²) in [5.74, 6) is -1.84. The van der Waals surface area contributed by atoms with Crippen LogP contribution in [0.5, 0.6) is 0 Å². The van der Waals surface area contributed by atoms with Gasteiger partial charge < -0.3 is 19.6 Å². The van der Waals surface area contributed by atoms with Crippen LogP contribution >= 0.6 is 0 Å². The molecule has 224 valence electrons. The van der Waals surface area contributed by atoms with Gasteiger partial charge in [-0.25, -0.2) is 9.59 Å². The molecule has 7 heteroatoms. The molecule has 0 fully saturated rings. The van der Waals surface area contributed by atoms with Crippen molar-refractivity contribution in [3.05, 3.63) is 108 Å². The van der Waals surface area contributed by atoms with Crippen LogP contribution in [0.3, 0.4) is 0 Å². The Labute approximate surface area is 251 Å². The predicted molar refractivity (Wildman–Crippen MR) is 172 cm³/mol. The summed E-state index contributed by atoms with van der Waals surface area (Å²) >= 11 is 0. The highest BCUT2D eigenvalue weighted by Gasteiger charge is 2.50. The van der Waals surface area contributed by atoms with Gasteiger partial charge in [0, 0.05) is 5.92 Å². The third-order valence-corrected chi connectivity index (χ3v) is 12.2. The minimum Gasteiger partial charge on any atom is -0.480 e. The molecule has 3 aromatic rings. The summed E-state index contributed by atoms with van der Waals surface area (Å²) < 4.78 is 12.7. The second-order valence-electron chi connectivity index (χ2n) is 12.5. The minimum absolute atomic E-state index is 0.195. The third-order valence-electron chi connectivity index (χ3n) is 7.17. The normalized spacial score (nSPS) is 14.1. The molecule has 0 aliphatic rings. The highest BCUT2D eigenvalue weighted by atomic mass is 28.4. The summed E-state index contributed by atoms with van der Waals surface area (Å²) in [6.07, 6.45) is 1.92.